The Morgan fingerprint density at radius 1 is 1.20 bits per heavy atom. The van der Waals surface area contributed by atoms with E-state index in [-0.39, 0.29) is 12.5 Å². The van der Waals surface area contributed by atoms with Crippen LogP contribution in [0, 0.1) is 0 Å². The van der Waals surface area contributed by atoms with Crippen LogP contribution in [0.5, 0.6) is 11.5 Å². The second kappa shape index (κ2) is 7.75. The fourth-order valence-corrected chi connectivity index (χ4v) is 1.38. The number of rotatable bonds is 8. The third-order valence-electron chi connectivity index (χ3n) is 2.41. The number of hydrogen-bond acceptors (Lipinski definition) is 4. The number of benzene rings is 1. The lowest BCUT2D eigenvalue weighted by Gasteiger charge is -2.18. The van der Waals surface area contributed by atoms with Crippen molar-refractivity contribution in [1.29, 1.82) is 0 Å². The van der Waals surface area contributed by atoms with Crippen LogP contribution in [0.15, 0.2) is 24.3 Å². The molecule has 112 valence electrons. The largest absolute Gasteiger partial charge is 0.494 e. The van der Waals surface area contributed by atoms with Gasteiger partial charge in [-0.25, -0.2) is 0 Å². The van der Waals surface area contributed by atoms with E-state index in [1.165, 1.54) is 0 Å². The number of amides is 1. The standard InChI is InChI=1S/C15H24N2O3/c1-4-9-19-12-5-7-13(8-6-12)20-10-14(18)17-11-15(2,3)16/h5-8H,4,9-11,16H2,1-3H3,(H,17,18). The highest BCUT2D eigenvalue weighted by Gasteiger charge is 2.12. The molecule has 5 heteroatoms. The van der Waals surface area contributed by atoms with Gasteiger partial charge >= 0.3 is 0 Å². The third-order valence-corrected chi connectivity index (χ3v) is 2.41. The molecule has 1 aromatic carbocycles. The molecule has 1 aromatic rings. The molecule has 3 N–H and O–H groups in total. The monoisotopic (exact) mass is 280 g/mol. The first kappa shape index (κ1) is 16.3. The highest BCUT2D eigenvalue weighted by Crippen LogP contribution is 2.17. The molecule has 0 heterocycles. The minimum Gasteiger partial charge on any atom is -0.494 e. The average Bonchev–Trinajstić information content (AvgIpc) is 2.41. The number of nitrogens with one attached hydrogen (secondary N) is 1. The Bertz CT molecular complexity index is 410. The molecule has 0 aliphatic rings. The third kappa shape index (κ3) is 6.99. The molecule has 20 heavy (non-hydrogen) atoms. The summed E-state index contributed by atoms with van der Waals surface area (Å²) in [6.07, 6.45) is 0.968. The Balaban J connectivity index is 2.32. The quantitative estimate of drug-likeness (QED) is 0.760. The van der Waals surface area contributed by atoms with Gasteiger partial charge in [0.2, 0.25) is 0 Å². The number of carbonyl (C=O) groups is 1. The summed E-state index contributed by atoms with van der Waals surface area (Å²) in [4.78, 5) is 11.6. The molecule has 0 bridgehead atoms. The minimum absolute atomic E-state index is 0.0226. The molecule has 0 saturated carbocycles. The molecule has 0 unspecified atom stereocenters. The summed E-state index contributed by atoms with van der Waals surface area (Å²) < 4.78 is 10.8. The fourth-order valence-electron chi connectivity index (χ4n) is 1.38. The van der Waals surface area contributed by atoms with Crippen molar-refractivity contribution in [2.24, 2.45) is 5.73 Å². The van der Waals surface area contributed by atoms with Gasteiger partial charge in [0.05, 0.1) is 6.61 Å². The van der Waals surface area contributed by atoms with E-state index >= 15 is 0 Å². The van der Waals surface area contributed by atoms with E-state index in [1.54, 1.807) is 12.1 Å². The summed E-state index contributed by atoms with van der Waals surface area (Å²) in [6.45, 7) is 6.84. The van der Waals surface area contributed by atoms with Crippen LogP contribution in [0.2, 0.25) is 0 Å². The lowest BCUT2D eigenvalue weighted by Crippen LogP contribution is -2.46. The van der Waals surface area contributed by atoms with Gasteiger partial charge in [-0.2, -0.15) is 0 Å². The molecule has 1 amide bonds. The zero-order chi connectivity index (χ0) is 15.0. The van der Waals surface area contributed by atoms with Crippen LogP contribution >= 0.6 is 0 Å². The lowest BCUT2D eigenvalue weighted by molar-refractivity contribution is -0.123. The van der Waals surface area contributed by atoms with E-state index in [0.29, 0.717) is 18.9 Å². The summed E-state index contributed by atoms with van der Waals surface area (Å²) in [5.41, 5.74) is 5.36. The normalized spacial score (nSPS) is 11.0. The van der Waals surface area contributed by atoms with Gasteiger partial charge in [-0.1, -0.05) is 6.92 Å². The number of nitrogens with two attached hydrogens (primary N) is 1. The first-order valence-electron chi connectivity index (χ1n) is 6.82. The van der Waals surface area contributed by atoms with Gasteiger partial charge in [0.1, 0.15) is 11.5 Å². The summed E-state index contributed by atoms with van der Waals surface area (Å²) in [7, 11) is 0. The van der Waals surface area contributed by atoms with Gasteiger partial charge < -0.3 is 20.5 Å². The smallest absolute Gasteiger partial charge is 0.258 e. The summed E-state index contributed by atoms with van der Waals surface area (Å²) in [6, 6.07) is 7.22. The van der Waals surface area contributed by atoms with Crippen LogP contribution in [-0.4, -0.2) is 31.2 Å². The molecular formula is C15H24N2O3. The maximum atomic E-state index is 11.6. The van der Waals surface area contributed by atoms with Gasteiger partial charge in [-0.3, -0.25) is 4.79 Å². The van der Waals surface area contributed by atoms with E-state index in [1.807, 2.05) is 26.0 Å². The predicted molar refractivity (Wildman–Crippen MR) is 79.0 cm³/mol. The van der Waals surface area contributed by atoms with E-state index in [0.717, 1.165) is 12.2 Å². The lowest BCUT2D eigenvalue weighted by atomic mass is 10.1. The zero-order valence-corrected chi connectivity index (χ0v) is 12.4. The van der Waals surface area contributed by atoms with Crippen LogP contribution in [0.25, 0.3) is 0 Å². The Hall–Kier alpha value is -1.75. The maximum Gasteiger partial charge on any atom is 0.258 e. The Labute approximate surface area is 120 Å². The fraction of sp³-hybridized carbons (Fsp3) is 0.533. The molecule has 0 aromatic heterocycles. The second-order valence-corrected chi connectivity index (χ2v) is 5.37. The van der Waals surface area contributed by atoms with Gasteiger partial charge in [0.25, 0.3) is 5.91 Å². The zero-order valence-electron chi connectivity index (χ0n) is 12.4. The Morgan fingerprint density at radius 3 is 2.25 bits per heavy atom. The molecule has 0 radical (unpaired) electrons. The SMILES string of the molecule is CCCOc1ccc(OCC(=O)NCC(C)(C)N)cc1. The summed E-state index contributed by atoms with van der Waals surface area (Å²) >= 11 is 0. The molecule has 0 spiro atoms. The van der Waals surface area contributed by atoms with Crippen LogP contribution in [-0.2, 0) is 4.79 Å². The van der Waals surface area contributed by atoms with Crippen LogP contribution in [0.1, 0.15) is 27.2 Å². The van der Waals surface area contributed by atoms with Crippen molar-refractivity contribution < 1.29 is 14.3 Å². The van der Waals surface area contributed by atoms with Crippen molar-refractivity contribution in [3.63, 3.8) is 0 Å². The van der Waals surface area contributed by atoms with Crippen LogP contribution < -0.4 is 20.5 Å². The first-order valence-corrected chi connectivity index (χ1v) is 6.82. The van der Waals surface area contributed by atoms with Gasteiger partial charge in [-0.15, -0.1) is 0 Å². The van der Waals surface area contributed by atoms with Crippen molar-refractivity contribution in [3.8, 4) is 11.5 Å². The van der Waals surface area contributed by atoms with Crippen molar-refractivity contribution in [2.75, 3.05) is 19.8 Å². The first-order chi connectivity index (χ1) is 9.40. The maximum absolute atomic E-state index is 11.6. The van der Waals surface area contributed by atoms with Crippen molar-refractivity contribution in [1.82, 2.24) is 5.32 Å². The molecular weight excluding hydrogens is 256 g/mol. The molecule has 1 rings (SSSR count). The average molecular weight is 280 g/mol. The van der Waals surface area contributed by atoms with Crippen molar-refractivity contribution in [3.05, 3.63) is 24.3 Å². The second-order valence-electron chi connectivity index (χ2n) is 5.37. The summed E-state index contributed by atoms with van der Waals surface area (Å²) in [5.74, 6) is 1.25. The Kier molecular flexibility index (Phi) is 6.31. The molecule has 5 nitrogen and oxygen atoms in total. The van der Waals surface area contributed by atoms with Gasteiger partial charge in [-0.05, 0) is 44.5 Å². The van der Waals surface area contributed by atoms with E-state index < -0.39 is 5.54 Å². The van der Waals surface area contributed by atoms with Crippen molar-refractivity contribution in [2.45, 2.75) is 32.7 Å². The van der Waals surface area contributed by atoms with Crippen LogP contribution in [0.3, 0.4) is 0 Å². The van der Waals surface area contributed by atoms with Crippen LogP contribution in [0.4, 0.5) is 0 Å². The Morgan fingerprint density at radius 2 is 1.75 bits per heavy atom. The highest BCUT2D eigenvalue weighted by molar-refractivity contribution is 5.77. The molecule has 0 atom stereocenters. The molecule has 0 aliphatic heterocycles. The van der Waals surface area contributed by atoms with Gasteiger partial charge in [0.15, 0.2) is 6.61 Å². The van der Waals surface area contributed by atoms with Gasteiger partial charge in [0, 0.05) is 12.1 Å². The summed E-state index contributed by atoms with van der Waals surface area (Å²) in [5, 5.41) is 2.72. The predicted octanol–water partition coefficient (Wildman–Crippen LogP) is 1.71. The van der Waals surface area contributed by atoms with E-state index in [9.17, 15) is 4.79 Å². The van der Waals surface area contributed by atoms with E-state index in [4.69, 9.17) is 15.2 Å². The minimum atomic E-state index is -0.423. The number of carbonyl (C=O) groups excluding carboxylic acids is 1. The topological polar surface area (TPSA) is 73.6 Å². The molecule has 0 saturated heterocycles. The molecule has 0 fully saturated rings. The molecule has 0 aliphatic carbocycles. The van der Waals surface area contributed by atoms with E-state index in [2.05, 4.69) is 12.2 Å². The number of hydrogen-bond donors (Lipinski definition) is 2. The highest BCUT2D eigenvalue weighted by atomic mass is 16.5. The van der Waals surface area contributed by atoms with Crippen molar-refractivity contribution >= 4 is 5.91 Å². The number of ether oxygens (including phenoxy) is 2.